The van der Waals surface area contributed by atoms with E-state index in [0.717, 1.165) is 21.7 Å². The van der Waals surface area contributed by atoms with Crippen molar-refractivity contribution in [3.8, 4) is 0 Å². The molecule has 0 saturated heterocycles. The van der Waals surface area contributed by atoms with Crippen molar-refractivity contribution in [1.82, 2.24) is 0 Å². The van der Waals surface area contributed by atoms with Crippen LogP contribution in [-0.4, -0.2) is 37.2 Å². The molecule has 2 rings (SSSR count). The number of nitrogens with one attached hydrogen (secondary N) is 3. The molecule has 2 aromatic carbocycles. The number of carbonyl (C=O) groups is 3. The number of likely N-dealkylation sites (N-methyl/N-ethyl adjacent to an activating group) is 1. The largest absolute Gasteiger partial charge is 0.321 e. The minimum atomic E-state index is -0.420. The van der Waals surface area contributed by atoms with Gasteiger partial charge in [-0.15, -0.1) is 0 Å². The normalized spacial score (nSPS) is 12.8. The molecule has 0 bridgehead atoms. The van der Waals surface area contributed by atoms with E-state index in [0.29, 0.717) is 11.3 Å². The molecule has 0 spiro atoms. The van der Waals surface area contributed by atoms with Gasteiger partial charge in [0.15, 0.2) is 18.4 Å². The van der Waals surface area contributed by atoms with Gasteiger partial charge in [0, 0.05) is 16.9 Å². The van der Waals surface area contributed by atoms with Gasteiger partial charge in [-0.1, -0.05) is 12.1 Å². The minimum Gasteiger partial charge on any atom is -0.321 e. The van der Waals surface area contributed by atoms with E-state index < -0.39 is 6.04 Å². The molecule has 0 radical (unpaired) electrons. The lowest BCUT2D eigenvalue weighted by molar-refractivity contribution is -0.885. The summed E-state index contributed by atoms with van der Waals surface area (Å²) in [7, 11) is 1.81. The third kappa shape index (κ3) is 5.50. The molecule has 0 aliphatic rings. The van der Waals surface area contributed by atoms with Crippen molar-refractivity contribution in [3.05, 3.63) is 59.2 Å². The molecular weight excluding hydrogens is 354 g/mol. The highest BCUT2D eigenvalue weighted by atomic mass is 16.2. The number of anilines is 2. The summed E-state index contributed by atoms with van der Waals surface area (Å²) in [4.78, 5) is 37.0. The van der Waals surface area contributed by atoms with Gasteiger partial charge in [-0.05, 0) is 69.2 Å². The van der Waals surface area contributed by atoms with Gasteiger partial charge in [0.1, 0.15) is 0 Å². The maximum atomic E-state index is 12.5. The Morgan fingerprint density at radius 1 is 1.00 bits per heavy atom. The van der Waals surface area contributed by atoms with Gasteiger partial charge in [-0.2, -0.15) is 0 Å². The number of rotatable bonds is 7. The van der Waals surface area contributed by atoms with Gasteiger partial charge in [0.2, 0.25) is 0 Å². The Kier molecular flexibility index (Phi) is 7.06. The Morgan fingerprint density at radius 2 is 1.64 bits per heavy atom. The van der Waals surface area contributed by atoms with E-state index in [1.807, 2.05) is 39.1 Å². The molecule has 0 aliphatic carbocycles. The van der Waals surface area contributed by atoms with Crippen LogP contribution in [0.1, 0.15) is 35.3 Å². The van der Waals surface area contributed by atoms with Gasteiger partial charge >= 0.3 is 0 Å². The maximum absolute atomic E-state index is 12.5. The quantitative estimate of drug-likeness (QED) is 0.641. The smallest absolute Gasteiger partial charge is 0.282 e. The summed E-state index contributed by atoms with van der Waals surface area (Å²) in [5, 5.41) is 5.74. The minimum absolute atomic E-state index is 0.0229. The summed E-state index contributed by atoms with van der Waals surface area (Å²) in [5.41, 5.74) is 4.15. The Morgan fingerprint density at radius 3 is 2.25 bits per heavy atom. The van der Waals surface area contributed by atoms with Crippen LogP contribution in [0.3, 0.4) is 0 Å². The molecule has 0 aliphatic heterocycles. The molecule has 2 amide bonds. The molecule has 3 N–H and O–H groups in total. The van der Waals surface area contributed by atoms with Gasteiger partial charge < -0.3 is 15.5 Å². The highest BCUT2D eigenvalue weighted by Gasteiger charge is 2.24. The third-order valence-electron chi connectivity index (χ3n) is 5.01. The van der Waals surface area contributed by atoms with Gasteiger partial charge in [-0.25, -0.2) is 0 Å². The SMILES string of the molecule is CC(=O)c1ccc(NC(=O)[C@H](C)[NH+](C)CC(=O)Nc2cccc(C)c2C)cc1. The van der Waals surface area contributed by atoms with Crippen LogP contribution >= 0.6 is 0 Å². The fourth-order valence-electron chi connectivity index (χ4n) is 2.75. The van der Waals surface area contributed by atoms with Crippen LogP contribution in [0.25, 0.3) is 0 Å². The van der Waals surface area contributed by atoms with Crippen molar-refractivity contribution in [2.75, 3.05) is 24.2 Å². The lowest BCUT2D eigenvalue weighted by Crippen LogP contribution is -3.14. The van der Waals surface area contributed by atoms with E-state index >= 15 is 0 Å². The van der Waals surface area contributed by atoms with E-state index in [-0.39, 0.29) is 24.1 Å². The van der Waals surface area contributed by atoms with Crippen LogP contribution < -0.4 is 15.5 Å². The zero-order valence-corrected chi connectivity index (χ0v) is 17.1. The first-order valence-electron chi connectivity index (χ1n) is 9.29. The lowest BCUT2D eigenvalue weighted by Gasteiger charge is -2.21. The molecule has 2 aromatic rings. The van der Waals surface area contributed by atoms with Crippen molar-refractivity contribution in [3.63, 3.8) is 0 Å². The summed E-state index contributed by atoms with van der Waals surface area (Å²) in [6, 6.07) is 12.1. The average Bonchev–Trinajstić information content (AvgIpc) is 2.65. The molecule has 0 heterocycles. The Bertz CT molecular complexity index is 875. The first kappa shape index (κ1) is 21.3. The number of carbonyl (C=O) groups excluding carboxylic acids is 3. The molecule has 0 aromatic heterocycles. The van der Waals surface area contributed by atoms with Crippen molar-refractivity contribution < 1.29 is 19.3 Å². The summed E-state index contributed by atoms with van der Waals surface area (Å²) in [6.45, 7) is 7.41. The molecule has 0 saturated carbocycles. The van der Waals surface area contributed by atoms with Crippen LogP contribution in [0.2, 0.25) is 0 Å². The molecule has 2 atom stereocenters. The zero-order chi connectivity index (χ0) is 20.8. The highest BCUT2D eigenvalue weighted by Crippen LogP contribution is 2.17. The van der Waals surface area contributed by atoms with Gasteiger partial charge in [-0.3, -0.25) is 14.4 Å². The molecule has 148 valence electrons. The summed E-state index contributed by atoms with van der Waals surface area (Å²) in [5.74, 6) is -0.352. The number of amides is 2. The zero-order valence-electron chi connectivity index (χ0n) is 17.1. The van der Waals surface area contributed by atoms with Gasteiger partial charge in [0.25, 0.3) is 11.8 Å². The predicted octanol–water partition coefficient (Wildman–Crippen LogP) is 1.99. The number of hydrogen-bond donors (Lipinski definition) is 3. The molecule has 6 heteroatoms. The highest BCUT2D eigenvalue weighted by molar-refractivity contribution is 5.97. The lowest BCUT2D eigenvalue weighted by atomic mass is 10.1. The first-order valence-corrected chi connectivity index (χ1v) is 9.29. The molecule has 0 fully saturated rings. The van der Waals surface area contributed by atoms with E-state index in [2.05, 4.69) is 10.6 Å². The molecular formula is C22H28N3O3+. The van der Waals surface area contributed by atoms with Crippen LogP contribution in [0.15, 0.2) is 42.5 Å². The number of hydrogen-bond acceptors (Lipinski definition) is 3. The second kappa shape index (κ2) is 9.28. The number of Topliss-reactive ketones (excluding diaryl/α,β-unsaturated/α-hetero) is 1. The Balaban J connectivity index is 1.92. The number of aryl methyl sites for hydroxylation is 1. The van der Waals surface area contributed by atoms with Crippen LogP contribution in [0.5, 0.6) is 0 Å². The molecule has 6 nitrogen and oxygen atoms in total. The fraction of sp³-hybridized carbons (Fsp3) is 0.318. The van der Waals surface area contributed by atoms with Crippen LogP contribution in [0.4, 0.5) is 11.4 Å². The summed E-state index contributed by atoms with van der Waals surface area (Å²) >= 11 is 0. The fourth-order valence-corrected chi connectivity index (χ4v) is 2.75. The second-order valence-electron chi connectivity index (χ2n) is 7.16. The van der Waals surface area contributed by atoms with E-state index in [4.69, 9.17) is 0 Å². The average molecular weight is 382 g/mol. The maximum Gasteiger partial charge on any atom is 0.282 e. The van der Waals surface area contributed by atoms with E-state index in [1.54, 1.807) is 31.2 Å². The Labute approximate surface area is 165 Å². The van der Waals surface area contributed by atoms with Crippen LogP contribution in [-0.2, 0) is 9.59 Å². The monoisotopic (exact) mass is 382 g/mol. The Hall–Kier alpha value is -2.99. The van der Waals surface area contributed by atoms with Crippen molar-refractivity contribution >= 4 is 29.0 Å². The topological polar surface area (TPSA) is 79.7 Å². The number of ketones is 1. The summed E-state index contributed by atoms with van der Waals surface area (Å²) < 4.78 is 0. The third-order valence-corrected chi connectivity index (χ3v) is 5.01. The standard InChI is InChI=1S/C22H27N3O3/c1-14-7-6-8-20(15(14)2)24-21(27)13-25(5)16(3)22(28)23-19-11-9-18(10-12-19)17(4)26/h6-12,16H,13H2,1-5H3,(H,23,28)(H,24,27)/p+1/t16-/m0/s1. The molecule has 1 unspecified atom stereocenters. The first-order chi connectivity index (χ1) is 13.2. The van der Waals surface area contributed by atoms with Crippen molar-refractivity contribution in [2.24, 2.45) is 0 Å². The summed E-state index contributed by atoms with van der Waals surface area (Å²) in [6.07, 6.45) is 0. The van der Waals surface area contributed by atoms with Crippen molar-refractivity contribution in [1.29, 1.82) is 0 Å². The predicted molar refractivity (Wildman–Crippen MR) is 111 cm³/mol. The van der Waals surface area contributed by atoms with Crippen molar-refractivity contribution in [2.45, 2.75) is 33.7 Å². The van der Waals surface area contributed by atoms with Crippen LogP contribution in [0, 0.1) is 13.8 Å². The number of quaternary nitrogens is 1. The van der Waals surface area contributed by atoms with Gasteiger partial charge in [0.05, 0.1) is 7.05 Å². The number of benzene rings is 2. The molecule has 28 heavy (non-hydrogen) atoms. The second-order valence-corrected chi connectivity index (χ2v) is 7.16. The van der Waals surface area contributed by atoms with E-state index in [9.17, 15) is 14.4 Å². The van der Waals surface area contributed by atoms with E-state index in [1.165, 1.54) is 6.92 Å².